The first-order valence-corrected chi connectivity index (χ1v) is 12.5. The second-order valence-electron chi connectivity index (χ2n) is 7.12. The van der Waals surface area contributed by atoms with Gasteiger partial charge in [0.05, 0.1) is 27.2 Å². The molecule has 1 N–H and O–H groups in total. The summed E-state index contributed by atoms with van der Waals surface area (Å²) in [7, 11) is 0. The van der Waals surface area contributed by atoms with Crippen molar-refractivity contribution in [1.82, 2.24) is 5.32 Å². The molecule has 0 unspecified atom stereocenters. The normalized spacial score (nSPS) is 12.5. The smallest absolute Gasteiger partial charge is 0.251 e. The van der Waals surface area contributed by atoms with E-state index in [1.165, 1.54) is 16.9 Å². The van der Waals surface area contributed by atoms with E-state index in [2.05, 4.69) is 35.8 Å². The molecule has 0 atom stereocenters. The molecule has 154 valence electrons. The van der Waals surface area contributed by atoms with Crippen LogP contribution in [0.2, 0.25) is 4.34 Å². The lowest BCUT2D eigenvalue weighted by Crippen LogP contribution is -2.22. The number of rotatable bonds is 4. The Labute approximate surface area is 197 Å². The van der Waals surface area contributed by atoms with E-state index in [0.717, 1.165) is 40.8 Å². The van der Waals surface area contributed by atoms with Gasteiger partial charge in [-0.1, -0.05) is 41.6 Å². The number of nitrogens with one attached hydrogen (secondary N) is 1. The molecule has 1 aliphatic rings. The number of halogens is 1. The minimum absolute atomic E-state index is 0.100. The van der Waals surface area contributed by atoms with Crippen molar-refractivity contribution in [3.05, 3.63) is 96.8 Å². The van der Waals surface area contributed by atoms with Gasteiger partial charge in [-0.2, -0.15) is 0 Å². The second kappa shape index (κ2) is 8.63. The zero-order valence-electron chi connectivity index (χ0n) is 16.5. The average Bonchev–Trinajstić information content (AvgIpc) is 3.35. The summed E-state index contributed by atoms with van der Waals surface area (Å²) in [5, 5.41) is 5.10. The monoisotopic (exact) mass is 480 g/mol. The number of amides is 1. The van der Waals surface area contributed by atoms with Crippen LogP contribution in [0.15, 0.2) is 80.8 Å². The number of nitrogens with zero attached hydrogens (tertiary/aromatic N) is 1. The van der Waals surface area contributed by atoms with Crippen molar-refractivity contribution in [3.8, 4) is 0 Å². The Bertz CT molecular complexity index is 1320. The zero-order valence-corrected chi connectivity index (χ0v) is 19.7. The summed E-state index contributed by atoms with van der Waals surface area (Å²) in [6.45, 7) is 2.58. The number of carbonyl (C=O) groups is 1. The van der Waals surface area contributed by atoms with Gasteiger partial charge < -0.3 is 5.32 Å². The molecule has 0 spiro atoms. The number of fused-ring (bicyclic) bond motifs is 2. The third kappa shape index (κ3) is 4.34. The molecule has 0 aliphatic carbocycles. The molecule has 1 aliphatic heterocycles. The highest BCUT2D eigenvalue weighted by Crippen LogP contribution is 2.42. The first kappa shape index (κ1) is 20.5. The molecule has 31 heavy (non-hydrogen) atoms. The molecule has 5 rings (SSSR count). The maximum Gasteiger partial charge on any atom is 0.251 e. The Morgan fingerprint density at radius 2 is 1.94 bits per heavy atom. The van der Waals surface area contributed by atoms with Crippen molar-refractivity contribution in [2.24, 2.45) is 4.99 Å². The molecule has 3 nitrogen and oxygen atoms in total. The Morgan fingerprint density at radius 1 is 1.06 bits per heavy atom. The fourth-order valence-corrected chi connectivity index (χ4v) is 6.23. The standard InChI is InChI=1S/C24H17ClN2OS3/c1-14-10-16(29-13-14)12-26-24(28)15-6-7-20-18(11-15)27-23(21-8-9-22(25)31-21)17-4-2-3-5-19(17)30-20/h2-11,13H,12H2,1H3,(H,26,28). The van der Waals surface area contributed by atoms with Gasteiger partial charge in [0, 0.05) is 25.8 Å². The summed E-state index contributed by atoms with van der Waals surface area (Å²) in [6.07, 6.45) is 0. The van der Waals surface area contributed by atoms with Crippen LogP contribution in [-0.2, 0) is 6.54 Å². The van der Waals surface area contributed by atoms with Crippen LogP contribution in [0.4, 0.5) is 5.69 Å². The molecule has 0 fully saturated rings. The summed E-state index contributed by atoms with van der Waals surface area (Å²) >= 11 is 11.0. The lowest BCUT2D eigenvalue weighted by atomic mass is 10.1. The molecule has 0 saturated carbocycles. The van der Waals surface area contributed by atoms with Crippen molar-refractivity contribution in [3.63, 3.8) is 0 Å². The number of hydrogen-bond acceptors (Lipinski definition) is 5. The van der Waals surface area contributed by atoms with Crippen LogP contribution in [0.5, 0.6) is 0 Å². The maximum absolute atomic E-state index is 12.8. The number of benzene rings is 2. The van der Waals surface area contributed by atoms with Crippen molar-refractivity contribution in [2.45, 2.75) is 23.3 Å². The Morgan fingerprint density at radius 3 is 2.71 bits per heavy atom. The van der Waals surface area contributed by atoms with Crippen LogP contribution in [0.1, 0.15) is 31.2 Å². The minimum Gasteiger partial charge on any atom is -0.347 e. The molecule has 4 aromatic rings. The molecule has 1 amide bonds. The third-order valence-corrected chi connectivity index (χ3v) is 8.26. The molecule has 0 radical (unpaired) electrons. The molecule has 7 heteroatoms. The molecule has 3 heterocycles. The SMILES string of the molecule is Cc1csc(CNC(=O)c2ccc3c(c2)N=C(c2ccc(Cl)s2)c2ccccc2S3)c1. The summed E-state index contributed by atoms with van der Waals surface area (Å²) in [5.41, 5.74) is 4.56. The van der Waals surface area contributed by atoms with Crippen molar-refractivity contribution in [2.75, 3.05) is 0 Å². The van der Waals surface area contributed by atoms with Crippen LogP contribution in [-0.4, -0.2) is 11.6 Å². The molecule has 0 bridgehead atoms. The van der Waals surface area contributed by atoms with Crippen LogP contribution < -0.4 is 5.32 Å². The highest BCUT2D eigenvalue weighted by molar-refractivity contribution is 7.99. The van der Waals surface area contributed by atoms with E-state index in [1.807, 2.05) is 42.5 Å². The number of hydrogen-bond donors (Lipinski definition) is 1. The molecular weight excluding hydrogens is 464 g/mol. The highest BCUT2D eigenvalue weighted by Gasteiger charge is 2.21. The van der Waals surface area contributed by atoms with E-state index in [1.54, 1.807) is 23.1 Å². The summed E-state index contributed by atoms with van der Waals surface area (Å²) in [5.74, 6) is -0.100. The quantitative estimate of drug-likeness (QED) is 0.292. The average molecular weight is 481 g/mol. The fourth-order valence-electron chi connectivity index (χ4n) is 3.36. The van der Waals surface area contributed by atoms with Gasteiger partial charge in [-0.25, -0.2) is 4.99 Å². The zero-order chi connectivity index (χ0) is 21.4. The first-order valence-electron chi connectivity index (χ1n) is 9.65. The van der Waals surface area contributed by atoms with E-state index in [0.29, 0.717) is 12.1 Å². The van der Waals surface area contributed by atoms with Crippen molar-refractivity contribution >= 4 is 63.3 Å². The minimum atomic E-state index is -0.100. The summed E-state index contributed by atoms with van der Waals surface area (Å²) in [6, 6.07) is 19.9. The predicted octanol–water partition coefficient (Wildman–Crippen LogP) is 7.34. The van der Waals surface area contributed by atoms with Gasteiger partial charge >= 0.3 is 0 Å². The van der Waals surface area contributed by atoms with Crippen LogP contribution in [0.3, 0.4) is 0 Å². The number of thiophene rings is 2. The summed E-state index contributed by atoms with van der Waals surface area (Å²) in [4.78, 5) is 22.1. The Balaban J connectivity index is 1.50. The lowest BCUT2D eigenvalue weighted by molar-refractivity contribution is 0.0951. The van der Waals surface area contributed by atoms with E-state index in [4.69, 9.17) is 16.6 Å². The van der Waals surface area contributed by atoms with E-state index >= 15 is 0 Å². The van der Waals surface area contributed by atoms with Crippen LogP contribution >= 0.6 is 46.0 Å². The van der Waals surface area contributed by atoms with Gasteiger partial charge in [-0.05, 0) is 60.3 Å². The van der Waals surface area contributed by atoms with Crippen molar-refractivity contribution in [1.29, 1.82) is 0 Å². The van der Waals surface area contributed by atoms with Gasteiger partial charge in [0.1, 0.15) is 0 Å². The molecule has 2 aromatic heterocycles. The lowest BCUT2D eigenvalue weighted by Gasteiger charge is -2.07. The van der Waals surface area contributed by atoms with Crippen LogP contribution in [0.25, 0.3) is 0 Å². The molecular formula is C24H17ClN2OS3. The first-order chi connectivity index (χ1) is 15.1. The topological polar surface area (TPSA) is 41.5 Å². The van der Waals surface area contributed by atoms with Gasteiger partial charge in [-0.15, -0.1) is 22.7 Å². The van der Waals surface area contributed by atoms with Gasteiger partial charge in [-0.3, -0.25) is 4.79 Å². The maximum atomic E-state index is 12.8. The molecule has 2 aromatic carbocycles. The fraction of sp³-hybridized carbons (Fsp3) is 0.0833. The van der Waals surface area contributed by atoms with Gasteiger partial charge in [0.2, 0.25) is 0 Å². The third-order valence-electron chi connectivity index (χ3n) is 4.83. The Kier molecular flexibility index (Phi) is 5.71. The van der Waals surface area contributed by atoms with Gasteiger partial charge in [0.25, 0.3) is 5.91 Å². The predicted molar refractivity (Wildman–Crippen MR) is 132 cm³/mol. The van der Waals surface area contributed by atoms with E-state index < -0.39 is 0 Å². The second-order valence-corrected chi connectivity index (χ2v) is 10.9. The van der Waals surface area contributed by atoms with Crippen LogP contribution in [0, 0.1) is 6.92 Å². The van der Waals surface area contributed by atoms with E-state index in [9.17, 15) is 4.79 Å². The molecule has 0 saturated heterocycles. The number of carbonyl (C=O) groups excluding carboxylic acids is 1. The highest BCUT2D eigenvalue weighted by atomic mass is 35.5. The van der Waals surface area contributed by atoms with Gasteiger partial charge in [0.15, 0.2) is 0 Å². The summed E-state index contributed by atoms with van der Waals surface area (Å²) < 4.78 is 0.726. The number of aliphatic imine (C=N–C) groups is 1. The van der Waals surface area contributed by atoms with E-state index in [-0.39, 0.29) is 5.91 Å². The number of aryl methyl sites for hydroxylation is 1. The largest absolute Gasteiger partial charge is 0.347 e. The van der Waals surface area contributed by atoms with Crippen molar-refractivity contribution < 1.29 is 4.79 Å². The Hall–Kier alpha value is -2.38.